The standard InChI is InChI=1S/C14H29NO4/c1-12(2,17)7-10(14(5,6)18)19-11(16)13(3,4)9-8-15-9/h9-11,15-18H,7-8H2,1-6H3. The van der Waals surface area contributed by atoms with Crippen LogP contribution in [0.1, 0.15) is 48.0 Å². The van der Waals surface area contributed by atoms with E-state index in [9.17, 15) is 15.3 Å². The van der Waals surface area contributed by atoms with E-state index in [1.165, 1.54) is 0 Å². The summed E-state index contributed by atoms with van der Waals surface area (Å²) in [5.41, 5.74) is -2.52. The molecule has 5 nitrogen and oxygen atoms in total. The van der Waals surface area contributed by atoms with Gasteiger partial charge in [-0.3, -0.25) is 0 Å². The third-order valence-electron chi connectivity index (χ3n) is 3.71. The molecule has 4 N–H and O–H groups in total. The van der Waals surface area contributed by atoms with Gasteiger partial charge in [-0.2, -0.15) is 0 Å². The first-order chi connectivity index (χ1) is 8.34. The highest BCUT2D eigenvalue weighted by Gasteiger charge is 2.46. The smallest absolute Gasteiger partial charge is 0.161 e. The van der Waals surface area contributed by atoms with Crippen LogP contribution in [0.15, 0.2) is 0 Å². The van der Waals surface area contributed by atoms with Crippen LogP contribution in [0.25, 0.3) is 0 Å². The number of aliphatic hydroxyl groups is 3. The maximum Gasteiger partial charge on any atom is 0.161 e. The molecule has 0 aromatic heterocycles. The molecule has 1 saturated heterocycles. The molecule has 1 aliphatic rings. The van der Waals surface area contributed by atoms with Gasteiger partial charge in [-0.1, -0.05) is 13.8 Å². The van der Waals surface area contributed by atoms with Gasteiger partial charge in [0.15, 0.2) is 6.29 Å². The molecule has 1 aliphatic heterocycles. The Bertz CT molecular complexity index is 300. The van der Waals surface area contributed by atoms with Crippen LogP contribution in [0, 0.1) is 5.41 Å². The Morgan fingerprint density at radius 2 is 1.63 bits per heavy atom. The summed E-state index contributed by atoms with van der Waals surface area (Å²) in [5, 5.41) is 33.5. The van der Waals surface area contributed by atoms with Crippen molar-refractivity contribution in [3.05, 3.63) is 0 Å². The van der Waals surface area contributed by atoms with Crippen molar-refractivity contribution in [1.29, 1.82) is 0 Å². The van der Waals surface area contributed by atoms with Crippen molar-refractivity contribution < 1.29 is 20.1 Å². The lowest BCUT2D eigenvalue weighted by Crippen LogP contribution is -2.48. The lowest BCUT2D eigenvalue weighted by atomic mass is 9.87. The minimum atomic E-state index is -1.13. The van der Waals surface area contributed by atoms with Gasteiger partial charge >= 0.3 is 0 Å². The van der Waals surface area contributed by atoms with Gasteiger partial charge in [0.2, 0.25) is 0 Å². The molecule has 0 spiro atoms. The number of hydrogen-bond acceptors (Lipinski definition) is 5. The second kappa shape index (κ2) is 5.30. The Hall–Kier alpha value is -0.200. The van der Waals surface area contributed by atoms with E-state index in [0.717, 1.165) is 6.54 Å². The maximum absolute atomic E-state index is 10.3. The van der Waals surface area contributed by atoms with Gasteiger partial charge < -0.3 is 25.4 Å². The summed E-state index contributed by atoms with van der Waals surface area (Å²) in [7, 11) is 0. The van der Waals surface area contributed by atoms with E-state index in [1.54, 1.807) is 27.7 Å². The monoisotopic (exact) mass is 275 g/mol. The first-order valence-electron chi connectivity index (χ1n) is 6.86. The summed E-state index contributed by atoms with van der Waals surface area (Å²) in [6.07, 6.45) is -1.38. The zero-order chi connectivity index (χ0) is 15.1. The van der Waals surface area contributed by atoms with Gasteiger partial charge in [0.25, 0.3) is 0 Å². The topological polar surface area (TPSA) is 91.9 Å². The molecule has 0 aromatic carbocycles. The average Bonchev–Trinajstić information content (AvgIpc) is 2.95. The van der Waals surface area contributed by atoms with E-state index in [1.807, 2.05) is 13.8 Å². The second-order valence-corrected chi connectivity index (χ2v) is 7.43. The molecule has 0 radical (unpaired) electrons. The van der Waals surface area contributed by atoms with E-state index < -0.39 is 29.0 Å². The van der Waals surface area contributed by atoms with Gasteiger partial charge in [0, 0.05) is 24.4 Å². The van der Waals surface area contributed by atoms with E-state index in [-0.39, 0.29) is 12.5 Å². The van der Waals surface area contributed by atoms with E-state index >= 15 is 0 Å². The molecule has 0 bridgehead atoms. The molecule has 3 atom stereocenters. The quantitative estimate of drug-likeness (QED) is 0.404. The van der Waals surface area contributed by atoms with Crippen LogP contribution < -0.4 is 5.32 Å². The molecule has 114 valence electrons. The van der Waals surface area contributed by atoms with Crippen molar-refractivity contribution in [2.45, 2.75) is 77.6 Å². The molecule has 0 saturated carbocycles. The Labute approximate surface area is 116 Å². The number of ether oxygens (including phenoxy) is 1. The number of rotatable bonds is 7. The normalized spacial score (nSPS) is 24.2. The van der Waals surface area contributed by atoms with Crippen LogP contribution in [0.5, 0.6) is 0 Å². The van der Waals surface area contributed by atoms with Gasteiger partial charge in [-0.25, -0.2) is 0 Å². The van der Waals surface area contributed by atoms with Crippen molar-refractivity contribution in [2.75, 3.05) is 6.54 Å². The summed E-state index contributed by atoms with van der Waals surface area (Å²) in [6.45, 7) is 11.3. The molecule has 5 heteroatoms. The third kappa shape index (κ3) is 5.00. The van der Waals surface area contributed by atoms with Crippen LogP contribution in [0.3, 0.4) is 0 Å². The van der Waals surface area contributed by atoms with Crippen molar-refractivity contribution >= 4 is 0 Å². The van der Waals surface area contributed by atoms with Crippen molar-refractivity contribution in [3.63, 3.8) is 0 Å². The average molecular weight is 275 g/mol. The summed E-state index contributed by atoms with van der Waals surface area (Å²) >= 11 is 0. The van der Waals surface area contributed by atoms with Crippen LogP contribution in [-0.2, 0) is 4.74 Å². The number of hydrogen-bond donors (Lipinski definition) is 4. The molecule has 0 aromatic rings. The van der Waals surface area contributed by atoms with Gasteiger partial charge in [0.05, 0.1) is 17.3 Å². The lowest BCUT2D eigenvalue weighted by Gasteiger charge is -2.39. The molecule has 19 heavy (non-hydrogen) atoms. The third-order valence-corrected chi connectivity index (χ3v) is 3.71. The lowest BCUT2D eigenvalue weighted by molar-refractivity contribution is -0.236. The summed E-state index contributed by atoms with van der Waals surface area (Å²) < 4.78 is 5.66. The van der Waals surface area contributed by atoms with Gasteiger partial charge in [0.1, 0.15) is 0 Å². The van der Waals surface area contributed by atoms with Gasteiger partial charge in [-0.15, -0.1) is 0 Å². The predicted molar refractivity (Wildman–Crippen MR) is 73.7 cm³/mol. The molecule has 1 heterocycles. The maximum atomic E-state index is 10.3. The summed E-state index contributed by atoms with van der Waals surface area (Å²) in [4.78, 5) is 0. The van der Waals surface area contributed by atoms with E-state index in [4.69, 9.17) is 4.74 Å². The zero-order valence-corrected chi connectivity index (χ0v) is 12.9. The fourth-order valence-electron chi connectivity index (χ4n) is 2.01. The largest absolute Gasteiger partial charge is 0.390 e. The molecule has 3 unspecified atom stereocenters. The Morgan fingerprint density at radius 1 is 1.16 bits per heavy atom. The number of nitrogens with one attached hydrogen (secondary N) is 1. The molecule has 1 rings (SSSR count). The highest BCUT2D eigenvalue weighted by atomic mass is 16.6. The zero-order valence-electron chi connectivity index (χ0n) is 12.9. The Balaban J connectivity index is 2.72. The highest BCUT2D eigenvalue weighted by Crippen LogP contribution is 2.34. The fourth-order valence-corrected chi connectivity index (χ4v) is 2.01. The fraction of sp³-hybridized carbons (Fsp3) is 1.00. The molecule has 1 fully saturated rings. The van der Waals surface area contributed by atoms with Crippen molar-refractivity contribution in [1.82, 2.24) is 5.32 Å². The molecule has 0 aliphatic carbocycles. The molecular formula is C14H29NO4. The molecular weight excluding hydrogens is 246 g/mol. The van der Waals surface area contributed by atoms with Crippen LogP contribution in [-0.4, -0.2) is 51.5 Å². The van der Waals surface area contributed by atoms with Gasteiger partial charge in [-0.05, 0) is 27.7 Å². The summed E-state index contributed by atoms with van der Waals surface area (Å²) in [6, 6.07) is 0.229. The second-order valence-electron chi connectivity index (χ2n) is 7.43. The molecule has 0 amide bonds. The van der Waals surface area contributed by atoms with Crippen LogP contribution in [0.4, 0.5) is 0 Å². The Morgan fingerprint density at radius 3 is 1.95 bits per heavy atom. The summed E-state index contributed by atoms with van der Waals surface area (Å²) in [5.74, 6) is 0. The Kier molecular flexibility index (Phi) is 4.70. The first kappa shape index (κ1) is 16.9. The highest BCUT2D eigenvalue weighted by molar-refractivity contribution is 4.98. The predicted octanol–water partition coefficient (Wildman–Crippen LogP) is 0.620. The minimum absolute atomic E-state index is 0.229. The minimum Gasteiger partial charge on any atom is -0.390 e. The van der Waals surface area contributed by atoms with Crippen molar-refractivity contribution in [2.24, 2.45) is 5.41 Å². The SMILES string of the molecule is CC(C)(O)CC(OC(O)C(C)(C)C1CN1)C(C)(C)O. The number of aliphatic hydroxyl groups excluding tert-OH is 1. The van der Waals surface area contributed by atoms with Crippen LogP contribution >= 0.6 is 0 Å². The van der Waals surface area contributed by atoms with Crippen molar-refractivity contribution in [3.8, 4) is 0 Å². The van der Waals surface area contributed by atoms with E-state index in [2.05, 4.69) is 5.32 Å². The van der Waals surface area contributed by atoms with Crippen LogP contribution in [0.2, 0.25) is 0 Å². The first-order valence-corrected chi connectivity index (χ1v) is 6.86. The van der Waals surface area contributed by atoms with E-state index in [0.29, 0.717) is 0 Å².